The second-order valence-corrected chi connectivity index (χ2v) is 6.24. The summed E-state index contributed by atoms with van der Waals surface area (Å²) < 4.78 is 5.28. The average molecular weight is 327 g/mol. The van der Waals surface area contributed by atoms with Crippen LogP contribution in [0.15, 0.2) is 84.9 Å². The number of methoxy groups -OCH3 is 1. The third kappa shape index (κ3) is 3.16. The third-order valence-corrected chi connectivity index (χ3v) is 4.74. The maximum absolute atomic E-state index is 5.28. The molecule has 25 heavy (non-hydrogen) atoms. The number of hydrogen-bond acceptors (Lipinski definition) is 2. The van der Waals surface area contributed by atoms with Crippen LogP contribution in [0.2, 0.25) is 0 Å². The lowest BCUT2D eigenvalue weighted by Gasteiger charge is -2.19. The maximum Gasteiger partial charge on any atom is 0.119 e. The van der Waals surface area contributed by atoms with E-state index in [4.69, 9.17) is 4.74 Å². The summed E-state index contributed by atoms with van der Waals surface area (Å²) in [5, 5.41) is 0. The molecular formula is C23H21NO. The minimum absolute atomic E-state index is 0.891. The first-order chi connectivity index (χ1) is 12.3. The molecule has 0 N–H and O–H groups in total. The Morgan fingerprint density at radius 1 is 0.640 bits per heavy atom. The summed E-state index contributed by atoms with van der Waals surface area (Å²) in [5.74, 6) is 0.891. The van der Waals surface area contributed by atoms with Crippen LogP contribution in [0.1, 0.15) is 11.1 Å². The van der Waals surface area contributed by atoms with Crippen LogP contribution < -0.4 is 9.64 Å². The number of anilines is 1. The molecular weight excluding hydrogens is 306 g/mol. The highest BCUT2D eigenvalue weighted by Crippen LogP contribution is 2.36. The van der Waals surface area contributed by atoms with Crippen LogP contribution in [-0.4, -0.2) is 20.2 Å². The molecule has 1 aliphatic heterocycles. The van der Waals surface area contributed by atoms with Crippen molar-refractivity contribution >= 4 is 16.8 Å². The molecule has 2 nitrogen and oxygen atoms in total. The van der Waals surface area contributed by atoms with Gasteiger partial charge in [-0.3, -0.25) is 0 Å². The average Bonchev–Trinajstić information content (AvgIpc) is 3.15. The SMILES string of the molecule is COc1ccc(N2CC(c3ccccc3)=C(c3ccccc3)C2)cc1. The molecule has 0 unspecified atom stereocenters. The van der Waals surface area contributed by atoms with Gasteiger partial charge in [0.05, 0.1) is 7.11 Å². The van der Waals surface area contributed by atoms with Crippen LogP contribution in [0.3, 0.4) is 0 Å². The zero-order chi connectivity index (χ0) is 17.1. The Balaban J connectivity index is 1.71. The van der Waals surface area contributed by atoms with Gasteiger partial charge in [0.2, 0.25) is 0 Å². The summed E-state index contributed by atoms with van der Waals surface area (Å²) in [7, 11) is 1.70. The highest BCUT2D eigenvalue weighted by atomic mass is 16.5. The van der Waals surface area contributed by atoms with Crippen LogP contribution in [-0.2, 0) is 0 Å². The Morgan fingerprint density at radius 2 is 1.12 bits per heavy atom. The summed E-state index contributed by atoms with van der Waals surface area (Å²) in [6, 6.07) is 29.7. The second kappa shape index (κ2) is 6.86. The van der Waals surface area contributed by atoms with Gasteiger partial charge in [-0.1, -0.05) is 60.7 Å². The molecule has 2 heteroatoms. The van der Waals surface area contributed by atoms with Crippen molar-refractivity contribution in [1.29, 1.82) is 0 Å². The minimum atomic E-state index is 0.891. The number of rotatable bonds is 4. The molecule has 4 rings (SSSR count). The molecule has 0 aromatic heterocycles. The van der Waals surface area contributed by atoms with Gasteiger partial charge in [-0.25, -0.2) is 0 Å². The molecule has 0 atom stereocenters. The first kappa shape index (κ1) is 15.5. The molecule has 0 spiro atoms. The van der Waals surface area contributed by atoms with Gasteiger partial charge in [0.1, 0.15) is 5.75 Å². The van der Waals surface area contributed by atoms with E-state index < -0.39 is 0 Å². The quantitative estimate of drug-likeness (QED) is 0.659. The van der Waals surface area contributed by atoms with E-state index in [9.17, 15) is 0 Å². The molecule has 0 radical (unpaired) electrons. The first-order valence-electron chi connectivity index (χ1n) is 8.57. The number of hydrogen-bond donors (Lipinski definition) is 0. The summed E-state index contributed by atoms with van der Waals surface area (Å²) in [6.07, 6.45) is 0. The van der Waals surface area contributed by atoms with Crippen LogP contribution in [0.5, 0.6) is 5.75 Å². The van der Waals surface area contributed by atoms with Crippen molar-refractivity contribution in [1.82, 2.24) is 0 Å². The Labute approximate surface area is 149 Å². The van der Waals surface area contributed by atoms with Gasteiger partial charge >= 0.3 is 0 Å². The van der Waals surface area contributed by atoms with E-state index in [2.05, 4.69) is 77.7 Å². The summed E-state index contributed by atoms with van der Waals surface area (Å²) >= 11 is 0. The molecule has 1 heterocycles. The lowest BCUT2D eigenvalue weighted by molar-refractivity contribution is 0.415. The van der Waals surface area contributed by atoms with E-state index in [1.165, 1.54) is 28.0 Å². The van der Waals surface area contributed by atoms with Crippen molar-refractivity contribution in [3.8, 4) is 5.75 Å². The largest absolute Gasteiger partial charge is 0.497 e. The molecule has 0 amide bonds. The molecule has 0 saturated carbocycles. The smallest absolute Gasteiger partial charge is 0.119 e. The van der Waals surface area contributed by atoms with Crippen LogP contribution in [0.25, 0.3) is 11.1 Å². The predicted molar refractivity (Wildman–Crippen MR) is 105 cm³/mol. The highest BCUT2D eigenvalue weighted by Gasteiger charge is 2.24. The fourth-order valence-electron chi connectivity index (χ4n) is 3.41. The van der Waals surface area contributed by atoms with Gasteiger partial charge in [0, 0.05) is 18.8 Å². The lowest BCUT2D eigenvalue weighted by atomic mass is 9.97. The van der Waals surface area contributed by atoms with E-state index in [1.54, 1.807) is 7.11 Å². The maximum atomic E-state index is 5.28. The van der Waals surface area contributed by atoms with Gasteiger partial charge < -0.3 is 9.64 Å². The van der Waals surface area contributed by atoms with E-state index >= 15 is 0 Å². The van der Waals surface area contributed by atoms with Crippen molar-refractivity contribution in [2.45, 2.75) is 0 Å². The Hall–Kier alpha value is -3.00. The van der Waals surface area contributed by atoms with E-state index in [1.807, 2.05) is 12.1 Å². The first-order valence-corrected chi connectivity index (χ1v) is 8.57. The van der Waals surface area contributed by atoms with Gasteiger partial charge in [-0.15, -0.1) is 0 Å². The van der Waals surface area contributed by atoms with Crippen molar-refractivity contribution in [2.24, 2.45) is 0 Å². The minimum Gasteiger partial charge on any atom is -0.497 e. The number of nitrogens with zero attached hydrogens (tertiary/aromatic N) is 1. The fourth-order valence-corrected chi connectivity index (χ4v) is 3.41. The van der Waals surface area contributed by atoms with Crippen molar-refractivity contribution in [3.63, 3.8) is 0 Å². The molecule has 0 aliphatic carbocycles. The fraction of sp³-hybridized carbons (Fsp3) is 0.130. The van der Waals surface area contributed by atoms with E-state index in [-0.39, 0.29) is 0 Å². The van der Waals surface area contributed by atoms with Gasteiger partial charge in [-0.05, 0) is 46.5 Å². The molecule has 0 saturated heterocycles. The van der Waals surface area contributed by atoms with Crippen LogP contribution in [0.4, 0.5) is 5.69 Å². The second-order valence-electron chi connectivity index (χ2n) is 6.24. The molecule has 3 aromatic carbocycles. The van der Waals surface area contributed by atoms with Crippen molar-refractivity contribution < 1.29 is 4.74 Å². The lowest BCUT2D eigenvalue weighted by Crippen LogP contribution is -2.20. The zero-order valence-corrected chi connectivity index (χ0v) is 14.4. The van der Waals surface area contributed by atoms with Crippen molar-refractivity contribution in [3.05, 3.63) is 96.1 Å². The van der Waals surface area contributed by atoms with Gasteiger partial charge in [0.25, 0.3) is 0 Å². The predicted octanol–water partition coefficient (Wildman–Crippen LogP) is 5.13. The Kier molecular flexibility index (Phi) is 4.26. The van der Waals surface area contributed by atoms with Crippen molar-refractivity contribution in [2.75, 3.05) is 25.1 Å². The molecule has 0 fully saturated rings. The number of ether oxygens (including phenoxy) is 1. The molecule has 124 valence electrons. The standard InChI is InChI=1S/C23H21NO/c1-25-21-14-12-20(13-15-21)24-16-22(18-8-4-2-5-9-18)23(17-24)19-10-6-3-7-11-19/h2-15H,16-17H2,1H3. The normalized spacial score (nSPS) is 14.0. The Bertz CT molecular complexity index is 815. The number of benzene rings is 3. The third-order valence-electron chi connectivity index (χ3n) is 4.74. The topological polar surface area (TPSA) is 12.5 Å². The monoisotopic (exact) mass is 327 g/mol. The molecule has 0 bridgehead atoms. The summed E-state index contributed by atoms with van der Waals surface area (Å²) in [4.78, 5) is 2.42. The highest BCUT2D eigenvalue weighted by molar-refractivity contribution is 5.97. The van der Waals surface area contributed by atoms with Gasteiger partial charge in [0.15, 0.2) is 0 Å². The van der Waals surface area contributed by atoms with E-state index in [0.717, 1.165) is 18.8 Å². The summed E-state index contributed by atoms with van der Waals surface area (Å²) in [6.45, 7) is 1.83. The molecule has 1 aliphatic rings. The van der Waals surface area contributed by atoms with Crippen LogP contribution >= 0.6 is 0 Å². The van der Waals surface area contributed by atoms with E-state index in [0.29, 0.717) is 0 Å². The Morgan fingerprint density at radius 3 is 1.56 bits per heavy atom. The molecule has 3 aromatic rings. The van der Waals surface area contributed by atoms with Crippen LogP contribution in [0, 0.1) is 0 Å². The zero-order valence-electron chi connectivity index (χ0n) is 14.4. The van der Waals surface area contributed by atoms with Gasteiger partial charge in [-0.2, -0.15) is 0 Å². The summed E-state index contributed by atoms with van der Waals surface area (Å²) in [5.41, 5.74) is 6.64.